The van der Waals surface area contributed by atoms with Crippen LogP contribution in [0.4, 0.5) is 0 Å². The molecule has 0 aromatic carbocycles. The van der Waals surface area contributed by atoms with E-state index < -0.39 is 0 Å². The first kappa shape index (κ1) is 14.2. The monoisotopic (exact) mass is 306 g/mol. The average molecular weight is 306 g/mol. The van der Waals surface area contributed by atoms with E-state index in [1.165, 1.54) is 24.2 Å². The predicted octanol–water partition coefficient (Wildman–Crippen LogP) is 2.69. The number of carbonyl (C=O) groups is 1. The molecule has 0 spiro atoms. The van der Waals surface area contributed by atoms with Gasteiger partial charge in [0.15, 0.2) is 0 Å². The number of esters is 1. The Hall–Kier alpha value is -1.76. The SMILES string of the molecule is CCOC(=O)c1sc(-c2cn(CCC3CC3)nn2)nc1C. The Morgan fingerprint density at radius 2 is 2.33 bits per heavy atom. The molecular weight excluding hydrogens is 288 g/mol. The van der Waals surface area contributed by atoms with E-state index in [1.54, 1.807) is 6.92 Å². The van der Waals surface area contributed by atoms with Crippen LogP contribution < -0.4 is 0 Å². The van der Waals surface area contributed by atoms with E-state index in [9.17, 15) is 4.79 Å². The van der Waals surface area contributed by atoms with Crippen LogP contribution in [0.5, 0.6) is 0 Å². The van der Waals surface area contributed by atoms with E-state index in [2.05, 4.69) is 15.3 Å². The zero-order chi connectivity index (χ0) is 14.8. The third-order valence-electron chi connectivity index (χ3n) is 3.48. The van der Waals surface area contributed by atoms with Gasteiger partial charge in [-0.15, -0.1) is 16.4 Å². The number of rotatable bonds is 6. The fourth-order valence-electron chi connectivity index (χ4n) is 2.12. The molecule has 3 rings (SSSR count). The van der Waals surface area contributed by atoms with E-state index in [4.69, 9.17) is 4.74 Å². The van der Waals surface area contributed by atoms with Crippen molar-refractivity contribution in [3.63, 3.8) is 0 Å². The van der Waals surface area contributed by atoms with E-state index in [1.807, 2.05) is 17.8 Å². The van der Waals surface area contributed by atoms with Gasteiger partial charge in [0.2, 0.25) is 0 Å². The van der Waals surface area contributed by atoms with Gasteiger partial charge in [-0.2, -0.15) is 0 Å². The summed E-state index contributed by atoms with van der Waals surface area (Å²) in [6.45, 7) is 4.86. The third kappa shape index (κ3) is 3.29. The molecular formula is C14H18N4O2S. The van der Waals surface area contributed by atoms with Crippen molar-refractivity contribution in [3.05, 3.63) is 16.8 Å². The summed E-state index contributed by atoms with van der Waals surface area (Å²) in [5.74, 6) is 0.551. The van der Waals surface area contributed by atoms with Gasteiger partial charge in [0.1, 0.15) is 15.6 Å². The van der Waals surface area contributed by atoms with Crippen molar-refractivity contribution < 1.29 is 9.53 Å². The molecule has 6 nitrogen and oxygen atoms in total. The van der Waals surface area contributed by atoms with E-state index in [0.717, 1.165) is 24.6 Å². The Morgan fingerprint density at radius 3 is 3.05 bits per heavy atom. The molecule has 0 N–H and O–H groups in total. The Bertz CT molecular complexity index is 645. The second kappa shape index (κ2) is 5.93. The molecule has 1 fully saturated rings. The quantitative estimate of drug-likeness (QED) is 0.767. The lowest BCUT2D eigenvalue weighted by atomic mass is 10.3. The topological polar surface area (TPSA) is 69.9 Å². The predicted molar refractivity (Wildman–Crippen MR) is 79.2 cm³/mol. The van der Waals surface area contributed by atoms with Crippen LogP contribution in [0, 0.1) is 12.8 Å². The average Bonchev–Trinajstić information content (AvgIpc) is 3.03. The molecule has 0 amide bonds. The van der Waals surface area contributed by atoms with Gasteiger partial charge >= 0.3 is 5.97 Å². The number of nitrogens with zero attached hydrogens (tertiary/aromatic N) is 4. The highest BCUT2D eigenvalue weighted by Crippen LogP contribution is 2.33. The summed E-state index contributed by atoms with van der Waals surface area (Å²) < 4.78 is 6.88. The van der Waals surface area contributed by atoms with Crippen LogP contribution in [0.2, 0.25) is 0 Å². The van der Waals surface area contributed by atoms with Crippen molar-refractivity contribution in [2.45, 2.75) is 39.7 Å². The summed E-state index contributed by atoms with van der Waals surface area (Å²) in [7, 11) is 0. The molecule has 21 heavy (non-hydrogen) atoms. The maximum absolute atomic E-state index is 11.8. The molecule has 0 saturated heterocycles. The third-order valence-corrected chi connectivity index (χ3v) is 4.64. The van der Waals surface area contributed by atoms with Gasteiger partial charge in [0.05, 0.1) is 18.5 Å². The summed E-state index contributed by atoms with van der Waals surface area (Å²) >= 11 is 1.31. The molecule has 1 aliphatic carbocycles. The summed E-state index contributed by atoms with van der Waals surface area (Å²) in [5, 5.41) is 9.00. The largest absolute Gasteiger partial charge is 0.462 e. The van der Waals surface area contributed by atoms with Crippen molar-refractivity contribution in [3.8, 4) is 10.7 Å². The molecule has 0 bridgehead atoms. The van der Waals surface area contributed by atoms with Gasteiger partial charge in [0, 0.05) is 6.54 Å². The second-order valence-electron chi connectivity index (χ2n) is 5.25. The Kier molecular flexibility index (Phi) is 4.01. The molecule has 0 aliphatic heterocycles. The van der Waals surface area contributed by atoms with E-state index >= 15 is 0 Å². The van der Waals surface area contributed by atoms with Crippen LogP contribution in [-0.2, 0) is 11.3 Å². The molecule has 1 aliphatic rings. The number of hydrogen-bond donors (Lipinski definition) is 0. The van der Waals surface area contributed by atoms with Gasteiger partial charge in [-0.25, -0.2) is 9.78 Å². The Morgan fingerprint density at radius 1 is 1.52 bits per heavy atom. The lowest BCUT2D eigenvalue weighted by molar-refractivity contribution is 0.0531. The molecule has 2 heterocycles. The van der Waals surface area contributed by atoms with Crippen molar-refractivity contribution >= 4 is 17.3 Å². The highest BCUT2D eigenvalue weighted by Gasteiger charge is 2.22. The molecule has 2 aromatic heterocycles. The molecule has 7 heteroatoms. The lowest BCUT2D eigenvalue weighted by Crippen LogP contribution is -2.03. The highest BCUT2D eigenvalue weighted by atomic mass is 32.1. The Balaban J connectivity index is 1.73. The number of aromatic nitrogens is 4. The van der Waals surface area contributed by atoms with E-state index in [0.29, 0.717) is 22.2 Å². The molecule has 0 atom stereocenters. The van der Waals surface area contributed by atoms with Crippen LogP contribution in [-0.4, -0.2) is 32.6 Å². The smallest absolute Gasteiger partial charge is 0.350 e. The summed E-state index contributed by atoms with van der Waals surface area (Å²) in [5.41, 5.74) is 1.40. The van der Waals surface area contributed by atoms with Crippen LogP contribution in [0.3, 0.4) is 0 Å². The molecule has 1 saturated carbocycles. The standard InChI is InChI=1S/C14H18N4O2S/c1-3-20-14(19)12-9(2)15-13(21-12)11-8-18(17-16-11)7-6-10-4-5-10/h8,10H,3-7H2,1-2H3. The molecule has 112 valence electrons. The highest BCUT2D eigenvalue weighted by molar-refractivity contribution is 7.17. The van der Waals surface area contributed by atoms with Crippen molar-refractivity contribution in [2.75, 3.05) is 6.61 Å². The Labute approximate surface area is 127 Å². The van der Waals surface area contributed by atoms with Crippen molar-refractivity contribution in [2.24, 2.45) is 5.92 Å². The normalized spacial score (nSPS) is 14.4. The van der Waals surface area contributed by atoms with Gasteiger partial charge < -0.3 is 4.74 Å². The van der Waals surface area contributed by atoms with Gasteiger partial charge in [0.25, 0.3) is 0 Å². The minimum Gasteiger partial charge on any atom is -0.462 e. The molecule has 0 unspecified atom stereocenters. The minimum absolute atomic E-state index is 0.320. The zero-order valence-electron chi connectivity index (χ0n) is 12.2. The fraction of sp³-hybridized carbons (Fsp3) is 0.571. The van der Waals surface area contributed by atoms with Crippen LogP contribution >= 0.6 is 11.3 Å². The van der Waals surface area contributed by atoms with Gasteiger partial charge in [-0.3, -0.25) is 4.68 Å². The van der Waals surface area contributed by atoms with Crippen LogP contribution in [0.15, 0.2) is 6.20 Å². The summed E-state index contributed by atoms with van der Waals surface area (Å²) in [6, 6.07) is 0. The number of aryl methyl sites for hydroxylation is 2. The number of hydrogen-bond acceptors (Lipinski definition) is 6. The first-order chi connectivity index (χ1) is 10.2. The maximum atomic E-state index is 11.8. The zero-order valence-corrected chi connectivity index (χ0v) is 13.0. The van der Waals surface area contributed by atoms with Crippen molar-refractivity contribution in [1.82, 2.24) is 20.0 Å². The number of thiazole rings is 1. The molecule has 0 radical (unpaired) electrons. The minimum atomic E-state index is -0.320. The fourth-order valence-corrected chi connectivity index (χ4v) is 3.03. The summed E-state index contributed by atoms with van der Waals surface area (Å²) in [4.78, 5) is 16.8. The molecule has 2 aromatic rings. The van der Waals surface area contributed by atoms with E-state index in [-0.39, 0.29) is 5.97 Å². The summed E-state index contributed by atoms with van der Waals surface area (Å²) in [6.07, 6.45) is 5.75. The maximum Gasteiger partial charge on any atom is 0.350 e. The lowest BCUT2D eigenvalue weighted by Gasteiger charge is -1.97. The first-order valence-corrected chi connectivity index (χ1v) is 8.04. The second-order valence-corrected chi connectivity index (χ2v) is 6.25. The van der Waals surface area contributed by atoms with Gasteiger partial charge in [-0.05, 0) is 26.2 Å². The van der Waals surface area contributed by atoms with Crippen LogP contribution in [0.25, 0.3) is 10.7 Å². The number of ether oxygens (including phenoxy) is 1. The first-order valence-electron chi connectivity index (χ1n) is 7.22. The number of carbonyl (C=O) groups excluding carboxylic acids is 1. The van der Waals surface area contributed by atoms with Crippen molar-refractivity contribution in [1.29, 1.82) is 0 Å². The van der Waals surface area contributed by atoms with Crippen LogP contribution in [0.1, 0.15) is 41.6 Å². The van der Waals surface area contributed by atoms with Gasteiger partial charge in [-0.1, -0.05) is 18.1 Å².